The van der Waals surface area contributed by atoms with Gasteiger partial charge >= 0.3 is 0 Å². The summed E-state index contributed by atoms with van der Waals surface area (Å²) in [6.07, 6.45) is 1.79. The fourth-order valence-electron chi connectivity index (χ4n) is 1.11. The Morgan fingerprint density at radius 1 is 1.29 bits per heavy atom. The summed E-state index contributed by atoms with van der Waals surface area (Å²) in [5.74, 6) is 0. The van der Waals surface area contributed by atoms with E-state index in [9.17, 15) is 0 Å². The van der Waals surface area contributed by atoms with Gasteiger partial charge in [0, 0.05) is 16.8 Å². The minimum atomic E-state index is 0.592. The second kappa shape index (κ2) is 4.44. The Balaban J connectivity index is 1.95. The largest absolute Gasteiger partial charge is 0.380 e. The average Bonchev–Trinajstić information content (AvgIpc) is 2.63. The first-order valence-electron chi connectivity index (χ1n) is 4.24. The van der Waals surface area contributed by atoms with E-state index in [1.54, 1.807) is 6.20 Å². The number of hydrogen-bond acceptors (Lipinski definition) is 3. The minimum absolute atomic E-state index is 0.592. The molecule has 2 aromatic rings. The summed E-state index contributed by atoms with van der Waals surface area (Å²) in [5, 5.41) is 3.29. The van der Waals surface area contributed by atoms with Crippen molar-refractivity contribution < 1.29 is 0 Å². The van der Waals surface area contributed by atoms with E-state index in [-0.39, 0.29) is 0 Å². The van der Waals surface area contributed by atoms with Crippen molar-refractivity contribution in [1.29, 1.82) is 0 Å². The Hall–Kier alpha value is -1.06. The predicted octanol–water partition coefficient (Wildman–Crippen LogP) is 3.41. The van der Waals surface area contributed by atoms with Crippen LogP contribution in [-0.2, 0) is 6.54 Å². The molecule has 1 heterocycles. The van der Waals surface area contributed by atoms with Crippen LogP contribution < -0.4 is 5.32 Å². The van der Waals surface area contributed by atoms with Crippen LogP contribution in [0.2, 0.25) is 4.47 Å². The first kappa shape index (κ1) is 9.49. The SMILES string of the molecule is Clc1ncc(CNc2ccccc2)s1. The maximum atomic E-state index is 5.72. The van der Waals surface area contributed by atoms with Gasteiger partial charge in [-0.15, -0.1) is 11.3 Å². The third-order valence-corrected chi connectivity index (χ3v) is 2.88. The minimum Gasteiger partial charge on any atom is -0.380 e. The van der Waals surface area contributed by atoms with Crippen LogP contribution in [-0.4, -0.2) is 4.98 Å². The van der Waals surface area contributed by atoms with Crippen molar-refractivity contribution in [1.82, 2.24) is 4.98 Å². The van der Waals surface area contributed by atoms with Crippen molar-refractivity contribution in [3.8, 4) is 0 Å². The second-order valence-electron chi connectivity index (χ2n) is 2.80. The summed E-state index contributed by atoms with van der Waals surface area (Å²) in [6, 6.07) is 10.1. The van der Waals surface area contributed by atoms with Crippen LogP contribution in [0, 0.1) is 0 Å². The van der Waals surface area contributed by atoms with Gasteiger partial charge in [0.05, 0.1) is 6.54 Å². The topological polar surface area (TPSA) is 24.9 Å². The van der Waals surface area contributed by atoms with Crippen molar-refractivity contribution in [3.63, 3.8) is 0 Å². The molecule has 0 aliphatic carbocycles. The van der Waals surface area contributed by atoms with Gasteiger partial charge in [0.1, 0.15) is 0 Å². The smallest absolute Gasteiger partial charge is 0.183 e. The number of nitrogens with zero attached hydrogens (tertiary/aromatic N) is 1. The highest BCUT2D eigenvalue weighted by atomic mass is 35.5. The number of thiazole rings is 1. The standard InChI is InChI=1S/C10H9ClN2S/c11-10-13-7-9(14-10)6-12-8-4-2-1-3-5-8/h1-5,7,12H,6H2. The van der Waals surface area contributed by atoms with Crippen LogP contribution in [0.15, 0.2) is 36.5 Å². The monoisotopic (exact) mass is 224 g/mol. The van der Waals surface area contributed by atoms with Gasteiger partial charge in [0.15, 0.2) is 4.47 Å². The highest BCUT2D eigenvalue weighted by Crippen LogP contribution is 2.18. The quantitative estimate of drug-likeness (QED) is 0.865. The average molecular weight is 225 g/mol. The van der Waals surface area contributed by atoms with Crippen LogP contribution in [0.3, 0.4) is 0 Å². The van der Waals surface area contributed by atoms with Gasteiger partial charge < -0.3 is 5.32 Å². The van der Waals surface area contributed by atoms with Crippen LogP contribution in [0.5, 0.6) is 0 Å². The summed E-state index contributed by atoms with van der Waals surface area (Å²) >= 11 is 7.22. The molecule has 0 atom stereocenters. The van der Waals surface area contributed by atoms with Gasteiger partial charge in [-0.2, -0.15) is 0 Å². The van der Waals surface area contributed by atoms with E-state index in [1.165, 1.54) is 11.3 Å². The normalized spacial score (nSPS) is 10.1. The maximum Gasteiger partial charge on any atom is 0.183 e. The molecule has 1 N–H and O–H groups in total. The van der Waals surface area contributed by atoms with Gasteiger partial charge in [-0.25, -0.2) is 4.98 Å². The van der Waals surface area contributed by atoms with Crippen molar-refractivity contribution >= 4 is 28.6 Å². The van der Waals surface area contributed by atoms with Gasteiger partial charge in [-0.3, -0.25) is 0 Å². The lowest BCUT2D eigenvalue weighted by atomic mass is 10.3. The van der Waals surface area contributed by atoms with Crippen LogP contribution in [0.1, 0.15) is 4.88 Å². The molecule has 0 aliphatic heterocycles. The van der Waals surface area contributed by atoms with E-state index in [4.69, 9.17) is 11.6 Å². The molecular weight excluding hydrogens is 216 g/mol. The summed E-state index contributed by atoms with van der Waals surface area (Å²) in [4.78, 5) is 5.11. The zero-order valence-corrected chi connectivity index (χ0v) is 8.98. The molecule has 0 bridgehead atoms. The van der Waals surface area contributed by atoms with E-state index in [0.29, 0.717) is 4.47 Å². The van der Waals surface area contributed by atoms with Crippen molar-refractivity contribution in [2.45, 2.75) is 6.54 Å². The van der Waals surface area contributed by atoms with E-state index in [2.05, 4.69) is 10.3 Å². The molecule has 1 aromatic carbocycles. The number of hydrogen-bond donors (Lipinski definition) is 1. The highest BCUT2D eigenvalue weighted by molar-refractivity contribution is 7.15. The molecule has 0 unspecified atom stereocenters. The first-order valence-corrected chi connectivity index (χ1v) is 5.43. The molecule has 0 saturated heterocycles. The lowest BCUT2D eigenvalue weighted by Gasteiger charge is -2.02. The Labute approximate surface area is 91.6 Å². The van der Waals surface area contributed by atoms with E-state index < -0.39 is 0 Å². The Kier molecular flexibility index (Phi) is 3.01. The number of benzene rings is 1. The van der Waals surface area contributed by atoms with Gasteiger partial charge in [0.2, 0.25) is 0 Å². The third-order valence-electron chi connectivity index (χ3n) is 1.77. The number of para-hydroxylation sites is 1. The van der Waals surface area contributed by atoms with Crippen LogP contribution in [0.25, 0.3) is 0 Å². The molecule has 14 heavy (non-hydrogen) atoms. The molecule has 0 saturated carbocycles. The number of aromatic nitrogens is 1. The number of rotatable bonds is 3. The molecular formula is C10H9ClN2S. The molecule has 0 spiro atoms. The zero-order chi connectivity index (χ0) is 9.80. The van der Waals surface area contributed by atoms with Gasteiger partial charge in [-0.1, -0.05) is 29.8 Å². The maximum absolute atomic E-state index is 5.72. The number of nitrogens with one attached hydrogen (secondary N) is 1. The lowest BCUT2D eigenvalue weighted by molar-refractivity contribution is 1.17. The molecule has 4 heteroatoms. The lowest BCUT2D eigenvalue weighted by Crippen LogP contribution is -1.96. The zero-order valence-electron chi connectivity index (χ0n) is 7.40. The van der Waals surface area contributed by atoms with Crippen LogP contribution >= 0.6 is 22.9 Å². The first-order chi connectivity index (χ1) is 6.84. The third kappa shape index (κ3) is 2.47. The number of halogens is 1. The van der Waals surface area contributed by atoms with Crippen molar-refractivity contribution in [3.05, 3.63) is 45.9 Å². The Morgan fingerprint density at radius 2 is 2.07 bits per heavy atom. The fourth-order valence-corrected chi connectivity index (χ4v) is 2.03. The Bertz CT molecular complexity index is 400. The molecule has 0 aliphatic rings. The summed E-state index contributed by atoms with van der Waals surface area (Å²) < 4.78 is 0.592. The Morgan fingerprint density at radius 3 is 2.71 bits per heavy atom. The van der Waals surface area contributed by atoms with Crippen molar-refractivity contribution in [2.24, 2.45) is 0 Å². The fraction of sp³-hybridized carbons (Fsp3) is 0.100. The summed E-state index contributed by atoms with van der Waals surface area (Å²) in [5.41, 5.74) is 1.11. The summed E-state index contributed by atoms with van der Waals surface area (Å²) in [7, 11) is 0. The van der Waals surface area contributed by atoms with Gasteiger partial charge in [-0.05, 0) is 12.1 Å². The molecule has 2 nitrogen and oxygen atoms in total. The molecule has 2 rings (SSSR count). The highest BCUT2D eigenvalue weighted by Gasteiger charge is 1.98. The molecule has 1 aromatic heterocycles. The second-order valence-corrected chi connectivity index (χ2v) is 4.50. The summed E-state index contributed by atoms with van der Waals surface area (Å²) in [6.45, 7) is 0.772. The molecule has 72 valence electrons. The molecule has 0 fully saturated rings. The van der Waals surface area contributed by atoms with Crippen LogP contribution in [0.4, 0.5) is 5.69 Å². The molecule has 0 radical (unpaired) electrons. The van der Waals surface area contributed by atoms with Gasteiger partial charge in [0.25, 0.3) is 0 Å². The predicted molar refractivity (Wildman–Crippen MR) is 60.9 cm³/mol. The van der Waals surface area contributed by atoms with E-state index in [1.807, 2.05) is 30.3 Å². The van der Waals surface area contributed by atoms with E-state index in [0.717, 1.165) is 17.1 Å². The number of anilines is 1. The molecule has 0 amide bonds. The van der Waals surface area contributed by atoms with Crippen molar-refractivity contribution in [2.75, 3.05) is 5.32 Å². The van der Waals surface area contributed by atoms with E-state index >= 15 is 0 Å².